The van der Waals surface area contributed by atoms with Crippen LogP contribution in [0.15, 0.2) is 0 Å². The Morgan fingerprint density at radius 2 is 1.95 bits per heavy atom. The summed E-state index contributed by atoms with van der Waals surface area (Å²) in [7, 11) is -3.95. The molecule has 1 aliphatic rings. The van der Waals surface area contributed by atoms with Gasteiger partial charge in [-0.1, -0.05) is 12.8 Å². The van der Waals surface area contributed by atoms with Crippen molar-refractivity contribution >= 4 is 16.3 Å². The molecule has 0 aromatic heterocycles. The molecule has 3 N–H and O–H groups in total. The molecule has 1 saturated carbocycles. The van der Waals surface area contributed by atoms with Crippen LogP contribution >= 0.6 is 0 Å². The minimum Gasteiger partial charge on any atom is -0.446 e. The van der Waals surface area contributed by atoms with Gasteiger partial charge in [-0.3, -0.25) is 0 Å². The number of hydrogen-bond acceptors (Lipinski definition) is 5. The lowest BCUT2D eigenvalue weighted by molar-refractivity contribution is 0.121. The molecule has 1 aliphatic carbocycles. The third-order valence-corrected chi connectivity index (χ3v) is 4.16. The zero-order chi connectivity index (χ0) is 14.5. The standard InChI is InChI=1S/C11H22N2O5S/c1-9(2)18-10(15)13-19(16,17)12-7-11(8-14)5-3-4-6-11/h9,12,14H,3-8H2,1-2H3,(H,13,15). The fraction of sp³-hybridized carbons (Fsp3) is 0.909. The van der Waals surface area contributed by atoms with Crippen molar-refractivity contribution < 1.29 is 23.1 Å². The Hall–Kier alpha value is -0.860. The van der Waals surface area contributed by atoms with Crippen LogP contribution in [0.3, 0.4) is 0 Å². The van der Waals surface area contributed by atoms with Crippen molar-refractivity contribution in [2.24, 2.45) is 5.41 Å². The van der Waals surface area contributed by atoms with Gasteiger partial charge in [0.1, 0.15) is 0 Å². The van der Waals surface area contributed by atoms with Gasteiger partial charge >= 0.3 is 16.3 Å². The van der Waals surface area contributed by atoms with E-state index in [1.807, 2.05) is 0 Å². The molecule has 0 aliphatic heterocycles. The first kappa shape index (κ1) is 16.2. The number of aliphatic hydroxyl groups excluding tert-OH is 1. The number of rotatable bonds is 6. The lowest BCUT2D eigenvalue weighted by Crippen LogP contribution is -2.46. The number of amides is 1. The Bertz CT molecular complexity index is 401. The molecule has 0 aromatic rings. The number of ether oxygens (including phenoxy) is 1. The molecule has 1 rings (SSSR count). The maximum Gasteiger partial charge on any atom is 0.422 e. The van der Waals surface area contributed by atoms with E-state index in [-0.39, 0.29) is 13.2 Å². The summed E-state index contributed by atoms with van der Waals surface area (Å²) in [5, 5.41) is 9.37. The molecule has 7 nitrogen and oxygen atoms in total. The van der Waals surface area contributed by atoms with Crippen LogP contribution in [0, 0.1) is 5.41 Å². The quantitative estimate of drug-likeness (QED) is 0.662. The topological polar surface area (TPSA) is 105 Å². The van der Waals surface area contributed by atoms with E-state index in [0.29, 0.717) is 0 Å². The smallest absolute Gasteiger partial charge is 0.422 e. The Morgan fingerprint density at radius 3 is 2.42 bits per heavy atom. The predicted molar refractivity (Wildman–Crippen MR) is 69.7 cm³/mol. The molecule has 0 radical (unpaired) electrons. The Labute approximate surface area is 113 Å². The van der Waals surface area contributed by atoms with E-state index in [0.717, 1.165) is 25.7 Å². The SMILES string of the molecule is CC(C)OC(=O)NS(=O)(=O)NCC1(CO)CCCC1. The number of carbonyl (C=O) groups is 1. The largest absolute Gasteiger partial charge is 0.446 e. The maximum absolute atomic E-state index is 11.6. The zero-order valence-electron chi connectivity index (χ0n) is 11.3. The second kappa shape index (κ2) is 6.53. The van der Waals surface area contributed by atoms with Crippen LogP contribution in [0.1, 0.15) is 39.5 Å². The van der Waals surface area contributed by atoms with E-state index in [1.165, 1.54) is 0 Å². The second-order valence-electron chi connectivity index (χ2n) is 5.25. The van der Waals surface area contributed by atoms with Gasteiger partial charge in [-0.15, -0.1) is 0 Å². The lowest BCUT2D eigenvalue weighted by Gasteiger charge is -2.26. The highest BCUT2D eigenvalue weighted by molar-refractivity contribution is 7.88. The molecule has 0 aromatic carbocycles. The lowest BCUT2D eigenvalue weighted by atomic mass is 9.88. The predicted octanol–water partition coefficient (Wildman–Crippen LogP) is 0.508. The Kier molecular flexibility index (Phi) is 5.57. The summed E-state index contributed by atoms with van der Waals surface area (Å²) in [6.45, 7) is 3.30. The first-order chi connectivity index (χ1) is 8.79. The van der Waals surface area contributed by atoms with E-state index in [9.17, 15) is 18.3 Å². The van der Waals surface area contributed by atoms with Gasteiger partial charge in [0.25, 0.3) is 0 Å². The van der Waals surface area contributed by atoms with E-state index in [1.54, 1.807) is 18.6 Å². The van der Waals surface area contributed by atoms with Gasteiger partial charge in [-0.2, -0.15) is 13.1 Å². The minimum atomic E-state index is -3.95. The first-order valence-electron chi connectivity index (χ1n) is 6.37. The molecular weight excluding hydrogens is 272 g/mol. The van der Waals surface area contributed by atoms with Crippen molar-refractivity contribution in [1.29, 1.82) is 0 Å². The van der Waals surface area contributed by atoms with Crippen molar-refractivity contribution in [3.8, 4) is 0 Å². The van der Waals surface area contributed by atoms with E-state index >= 15 is 0 Å². The van der Waals surface area contributed by atoms with E-state index < -0.39 is 27.8 Å². The normalized spacial score (nSPS) is 18.5. The molecule has 1 fully saturated rings. The molecule has 1 amide bonds. The van der Waals surface area contributed by atoms with Gasteiger partial charge in [-0.25, -0.2) is 9.52 Å². The fourth-order valence-electron chi connectivity index (χ4n) is 2.15. The van der Waals surface area contributed by atoms with Gasteiger partial charge in [0.05, 0.1) is 6.10 Å². The van der Waals surface area contributed by atoms with Crippen LogP contribution in [0.4, 0.5) is 4.79 Å². The zero-order valence-corrected chi connectivity index (χ0v) is 12.1. The van der Waals surface area contributed by atoms with Crippen molar-refractivity contribution in [3.05, 3.63) is 0 Å². The van der Waals surface area contributed by atoms with Crippen molar-refractivity contribution in [2.45, 2.75) is 45.6 Å². The van der Waals surface area contributed by atoms with Crippen molar-refractivity contribution in [3.63, 3.8) is 0 Å². The highest BCUT2D eigenvalue weighted by Crippen LogP contribution is 2.36. The third kappa shape index (κ3) is 5.33. The maximum atomic E-state index is 11.6. The summed E-state index contributed by atoms with van der Waals surface area (Å²) < 4.78 is 32.0. The Balaban J connectivity index is 2.48. The fourth-order valence-corrected chi connectivity index (χ4v) is 2.98. The molecule has 112 valence electrons. The van der Waals surface area contributed by atoms with Crippen LogP contribution in [-0.2, 0) is 14.9 Å². The number of aliphatic hydroxyl groups is 1. The summed E-state index contributed by atoms with van der Waals surface area (Å²) in [4.78, 5) is 11.2. The van der Waals surface area contributed by atoms with Crippen molar-refractivity contribution in [1.82, 2.24) is 9.44 Å². The summed E-state index contributed by atoms with van der Waals surface area (Å²) in [6.07, 6.45) is 2.11. The van der Waals surface area contributed by atoms with Crippen LogP contribution in [0.5, 0.6) is 0 Å². The summed E-state index contributed by atoms with van der Waals surface area (Å²) >= 11 is 0. The molecule has 0 atom stereocenters. The van der Waals surface area contributed by atoms with Crippen LogP contribution in [-0.4, -0.2) is 38.9 Å². The molecule has 8 heteroatoms. The summed E-state index contributed by atoms with van der Waals surface area (Å²) in [5.74, 6) is 0. The molecular formula is C11H22N2O5S. The monoisotopic (exact) mass is 294 g/mol. The molecule has 0 spiro atoms. The molecule has 0 heterocycles. The number of nitrogens with one attached hydrogen (secondary N) is 2. The van der Waals surface area contributed by atoms with Gasteiger partial charge in [0.2, 0.25) is 0 Å². The van der Waals surface area contributed by atoms with Gasteiger partial charge < -0.3 is 9.84 Å². The van der Waals surface area contributed by atoms with E-state index in [2.05, 4.69) is 4.72 Å². The second-order valence-corrected chi connectivity index (χ2v) is 6.75. The summed E-state index contributed by atoms with van der Waals surface area (Å²) in [6, 6.07) is 0. The van der Waals surface area contributed by atoms with Gasteiger partial charge in [-0.05, 0) is 26.7 Å². The first-order valence-corrected chi connectivity index (χ1v) is 7.86. The van der Waals surface area contributed by atoms with E-state index in [4.69, 9.17) is 4.74 Å². The van der Waals surface area contributed by atoms with Gasteiger partial charge in [0.15, 0.2) is 0 Å². The van der Waals surface area contributed by atoms with Gasteiger partial charge in [0, 0.05) is 18.6 Å². The average molecular weight is 294 g/mol. The highest BCUT2D eigenvalue weighted by atomic mass is 32.2. The van der Waals surface area contributed by atoms with Crippen LogP contribution in [0.2, 0.25) is 0 Å². The average Bonchev–Trinajstić information content (AvgIpc) is 2.74. The number of hydrogen-bond donors (Lipinski definition) is 3. The number of carbonyl (C=O) groups excluding carboxylic acids is 1. The summed E-state index contributed by atoms with van der Waals surface area (Å²) in [5.41, 5.74) is -0.406. The molecule has 0 saturated heterocycles. The van der Waals surface area contributed by atoms with Crippen molar-refractivity contribution in [2.75, 3.05) is 13.2 Å². The van der Waals surface area contributed by atoms with Crippen LogP contribution < -0.4 is 9.44 Å². The van der Waals surface area contributed by atoms with Crippen LogP contribution in [0.25, 0.3) is 0 Å². The Morgan fingerprint density at radius 1 is 1.37 bits per heavy atom. The minimum absolute atomic E-state index is 0.0635. The highest BCUT2D eigenvalue weighted by Gasteiger charge is 2.34. The molecule has 0 bridgehead atoms. The molecule has 0 unspecified atom stereocenters. The molecule has 19 heavy (non-hydrogen) atoms. The third-order valence-electron chi connectivity index (χ3n) is 3.20.